The second-order valence-corrected chi connectivity index (χ2v) is 11.3. The predicted molar refractivity (Wildman–Crippen MR) is 135 cm³/mol. The molecule has 2 bridgehead atoms. The van der Waals surface area contributed by atoms with Crippen LogP contribution in [0, 0.1) is 5.92 Å². The molecule has 2 aliphatic carbocycles. The minimum Gasteiger partial charge on any atom is -0.504 e. The Hall–Kier alpha value is -3.04. The maximum absolute atomic E-state index is 13.3. The molecule has 2 aliphatic heterocycles. The lowest BCUT2D eigenvalue weighted by Crippen LogP contribution is -2.80. The Bertz CT molecular complexity index is 1340. The van der Waals surface area contributed by atoms with Crippen molar-refractivity contribution in [1.29, 1.82) is 0 Å². The van der Waals surface area contributed by atoms with E-state index in [4.69, 9.17) is 4.74 Å². The second-order valence-electron chi connectivity index (χ2n) is 11.3. The number of rotatable bonds is 3. The third-order valence-corrected chi connectivity index (χ3v) is 9.60. The van der Waals surface area contributed by atoms with Gasteiger partial charge in [0.25, 0.3) is 0 Å². The molecule has 1 amide bonds. The summed E-state index contributed by atoms with van der Waals surface area (Å²) in [6.45, 7) is 2.76. The maximum atomic E-state index is 13.3. The summed E-state index contributed by atoms with van der Waals surface area (Å²) >= 11 is 0. The number of carbonyl (C=O) groups excluding carboxylic acids is 1. The number of aliphatic hydroxyl groups is 1. The monoisotopic (exact) mass is 528 g/mol. The third-order valence-electron chi connectivity index (χ3n) is 9.60. The Morgan fingerprint density at radius 1 is 1.26 bits per heavy atom. The van der Waals surface area contributed by atoms with Gasteiger partial charge in [-0.05, 0) is 74.2 Å². The highest BCUT2D eigenvalue weighted by molar-refractivity contribution is 5.92. The number of alkyl halides is 3. The number of aromatic hydroxyl groups is 1. The molecule has 6 rings (SSSR count). The van der Waals surface area contributed by atoms with Gasteiger partial charge in [0.2, 0.25) is 5.91 Å². The number of hydrogen-bond acceptors (Lipinski definition) is 5. The van der Waals surface area contributed by atoms with Crippen molar-refractivity contribution in [3.63, 3.8) is 0 Å². The first-order valence-corrected chi connectivity index (χ1v) is 13.0. The zero-order chi connectivity index (χ0) is 27.2. The molecule has 2 aromatic rings. The number of carbonyl (C=O) groups is 1. The molecule has 2 fully saturated rings. The summed E-state index contributed by atoms with van der Waals surface area (Å²) in [6.07, 6.45) is -0.624. The number of likely N-dealkylation sites (N-methyl/N-ethyl adjacent to an activating group) is 2. The van der Waals surface area contributed by atoms with Crippen molar-refractivity contribution in [3.05, 3.63) is 64.7 Å². The molecule has 6 atom stereocenters. The van der Waals surface area contributed by atoms with Crippen LogP contribution in [0.3, 0.4) is 0 Å². The number of halogens is 3. The van der Waals surface area contributed by atoms with E-state index in [0.29, 0.717) is 25.0 Å². The summed E-state index contributed by atoms with van der Waals surface area (Å²) in [4.78, 5) is 17.1. The second kappa shape index (κ2) is 8.23. The molecule has 202 valence electrons. The molecule has 1 saturated heterocycles. The number of ether oxygens (including phenoxy) is 1. The average Bonchev–Trinajstić information content (AvgIpc) is 3.23. The molecular weight excluding hydrogens is 497 g/mol. The Morgan fingerprint density at radius 2 is 2.03 bits per heavy atom. The SMILES string of the molecule is C[C@H]1C[C@@H](N(C)C(=O)C=Cc2cccc(C(F)(F)F)c2)[C@@H]2Oc3c(O)ccc4c3[C@@]23CCN(C)[C@H](C4)[C@]13O. The fourth-order valence-corrected chi connectivity index (χ4v) is 7.79. The lowest BCUT2D eigenvalue weighted by atomic mass is 9.45. The van der Waals surface area contributed by atoms with E-state index in [1.807, 2.05) is 20.0 Å². The van der Waals surface area contributed by atoms with E-state index in [1.165, 1.54) is 24.3 Å². The summed E-state index contributed by atoms with van der Waals surface area (Å²) in [5.74, 6) is -0.125. The van der Waals surface area contributed by atoms with E-state index in [0.717, 1.165) is 29.8 Å². The largest absolute Gasteiger partial charge is 0.504 e. The van der Waals surface area contributed by atoms with Crippen molar-refractivity contribution in [1.82, 2.24) is 9.80 Å². The van der Waals surface area contributed by atoms with Gasteiger partial charge >= 0.3 is 6.18 Å². The smallest absolute Gasteiger partial charge is 0.416 e. The average molecular weight is 529 g/mol. The summed E-state index contributed by atoms with van der Waals surface area (Å²) in [7, 11) is 3.69. The van der Waals surface area contributed by atoms with Gasteiger partial charge < -0.3 is 24.7 Å². The van der Waals surface area contributed by atoms with Gasteiger partial charge in [-0.25, -0.2) is 0 Å². The van der Waals surface area contributed by atoms with Crippen molar-refractivity contribution < 1.29 is 32.9 Å². The number of benzene rings is 2. The first-order chi connectivity index (χ1) is 17.9. The van der Waals surface area contributed by atoms with Crippen molar-refractivity contribution in [3.8, 4) is 11.5 Å². The Labute approximate surface area is 219 Å². The van der Waals surface area contributed by atoms with Gasteiger partial charge in [0, 0.05) is 24.7 Å². The van der Waals surface area contributed by atoms with Crippen molar-refractivity contribution in [2.45, 2.75) is 61.6 Å². The number of nitrogens with zero attached hydrogens (tertiary/aromatic N) is 2. The summed E-state index contributed by atoms with van der Waals surface area (Å²) in [5, 5.41) is 23.3. The van der Waals surface area contributed by atoms with Crippen LogP contribution in [-0.2, 0) is 22.8 Å². The first-order valence-electron chi connectivity index (χ1n) is 13.0. The van der Waals surface area contributed by atoms with Gasteiger partial charge in [0.05, 0.1) is 22.6 Å². The van der Waals surface area contributed by atoms with E-state index < -0.39 is 34.9 Å². The highest BCUT2D eigenvalue weighted by Crippen LogP contribution is 2.66. The van der Waals surface area contributed by atoms with Gasteiger partial charge in [-0.15, -0.1) is 0 Å². The van der Waals surface area contributed by atoms with Crippen LogP contribution in [0.1, 0.15) is 42.0 Å². The molecule has 38 heavy (non-hydrogen) atoms. The maximum Gasteiger partial charge on any atom is 0.416 e. The highest BCUT2D eigenvalue weighted by Gasteiger charge is 2.75. The fraction of sp³-hybridized carbons (Fsp3) is 0.483. The van der Waals surface area contributed by atoms with Crippen LogP contribution in [0.4, 0.5) is 13.2 Å². The van der Waals surface area contributed by atoms with E-state index >= 15 is 0 Å². The number of hydrogen-bond donors (Lipinski definition) is 2. The zero-order valence-electron chi connectivity index (χ0n) is 21.5. The minimum absolute atomic E-state index is 0.0251. The molecule has 1 saturated carbocycles. The molecule has 0 unspecified atom stereocenters. The van der Waals surface area contributed by atoms with Gasteiger partial charge in [-0.1, -0.05) is 25.1 Å². The standard InChI is InChI=1S/C29H31F3N2O4/c1-16-13-20(34(3)23(36)10-7-17-5-4-6-19(14-17)29(30,31)32)26-27-11-12-33(2)22(28(16,27)37)15-18-8-9-21(35)25(38-26)24(18)27/h4-10,14,16,20,22,26,35,37H,11-13,15H2,1-3H3/t16-,20+,22+,26-,27-,28+/m0/s1. The lowest BCUT2D eigenvalue weighted by Gasteiger charge is -2.66. The minimum atomic E-state index is -4.47. The van der Waals surface area contributed by atoms with E-state index in [9.17, 15) is 28.2 Å². The van der Waals surface area contributed by atoms with Gasteiger partial charge in [0.1, 0.15) is 6.10 Å². The van der Waals surface area contributed by atoms with Gasteiger partial charge in [-0.2, -0.15) is 13.2 Å². The van der Waals surface area contributed by atoms with Crippen LogP contribution in [0.5, 0.6) is 11.5 Å². The predicted octanol–water partition coefficient (Wildman–Crippen LogP) is 3.98. The van der Waals surface area contributed by atoms with Gasteiger partial charge in [-0.3, -0.25) is 4.79 Å². The van der Waals surface area contributed by atoms with Crippen LogP contribution < -0.4 is 4.74 Å². The normalized spacial score (nSPS) is 33.7. The first kappa shape index (κ1) is 25.2. The van der Waals surface area contributed by atoms with Crippen LogP contribution in [-0.4, -0.2) is 70.3 Å². The van der Waals surface area contributed by atoms with Crippen LogP contribution in [0.15, 0.2) is 42.5 Å². The quantitative estimate of drug-likeness (QED) is 0.590. The van der Waals surface area contributed by atoms with Crippen LogP contribution in [0.25, 0.3) is 6.08 Å². The molecule has 2 heterocycles. The Morgan fingerprint density at radius 3 is 2.76 bits per heavy atom. The number of phenolic OH excluding ortho intramolecular Hbond substituents is 1. The Balaban J connectivity index is 1.36. The topological polar surface area (TPSA) is 73.2 Å². The lowest BCUT2D eigenvalue weighted by molar-refractivity contribution is -0.220. The van der Waals surface area contributed by atoms with Crippen LogP contribution >= 0.6 is 0 Å². The number of likely N-dealkylation sites (tertiary alicyclic amines) is 1. The molecule has 0 radical (unpaired) electrons. The number of phenols is 1. The summed E-state index contributed by atoms with van der Waals surface area (Å²) in [6, 6.07) is 7.84. The molecule has 1 spiro atoms. The highest BCUT2D eigenvalue weighted by atomic mass is 19.4. The van der Waals surface area contributed by atoms with E-state index in [1.54, 1.807) is 18.0 Å². The molecule has 4 aliphatic rings. The van der Waals surface area contributed by atoms with Crippen molar-refractivity contribution in [2.75, 3.05) is 20.6 Å². The number of piperidine rings is 1. The van der Waals surface area contributed by atoms with Gasteiger partial charge in [0.15, 0.2) is 11.5 Å². The molecule has 2 N–H and O–H groups in total. The number of amides is 1. The molecule has 0 aromatic heterocycles. The molecule has 9 heteroatoms. The van der Waals surface area contributed by atoms with Crippen molar-refractivity contribution >= 4 is 12.0 Å². The molecule has 2 aromatic carbocycles. The zero-order valence-corrected chi connectivity index (χ0v) is 21.5. The third kappa shape index (κ3) is 3.24. The summed E-state index contributed by atoms with van der Waals surface area (Å²) in [5.41, 5.74) is -0.477. The molecular formula is C29H31F3N2O4. The Kier molecular flexibility index (Phi) is 5.47. The molecule has 6 nitrogen and oxygen atoms in total. The van der Waals surface area contributed by atoms with Crippen LogP contribution in [0.2, 0.25) is 0 Å². The van der Waals surface area contributed by atoms with E-state index in [-0.39, 0.29) is 29.2 Å². The van der Waals surface area contributed by atoms with E-state index in [2.05, 4.69) is 4.90 Å². The summed E-state index contributed by atoms with van der Waals surface area (Å²) < 4.78 is 45.8. The fourth-order valence-electron chi connectivity index (χ4n) is 7.79. The van der Waals surface area contributed by atoms with Crippen molar-refractivity contribution in [2.24, 2.45) is 5.92 Å².